The van der Waals surface area contributed by atoms with Crippen molar-refractivity contribution in [3.63, 3.8) is 0 Å². The monoisotopic (exact) mass is 313 g/mol. The van der Waals surface area contributed by atoms with Gasteiger partial charge in [-0.15, -0.1) is 0 Å². The first-order chi connectivity index (χ1) is 11.2. The highest BCUT2D eigenvalue weighted by molar-refractivity contribution is 6.01. The molecule has 120 valence electrons. The van der Waals surface area contributed by atoms with Gasteiger partial charge in [0.2, 0.25) is 5.91 Å². The lowest BCUT2D eigenvalue weighted by Gasteiger charge is -2.05. The average molecular weight is 313 g/mol. The molecule has 0 saturated heterocycles. The Morgan fingerprint density at radius 2 is 1.91 bits per heavy atom. The fourth-order valence-corrected chi connectivity index (χ4v) is 1.92. The number of unbranched alkanes of at least 4 members (excludes halogenated alkanes) is 1. The summed E-state index contributed by atoms with van der Waals surface area (Å²) in [5.41, 5.74) is 1.04. The molecule has 0 spiro atoms. The largest absolute Gasteiger partial charge is 0.494 e. The molecule has 4 heteroatoms. The van der Waals surface area contributed by atoms with Crippen LogP contribution in [0.5, 0.6) is 5.75 Å². The minimum atomic E-state index is -0.456. The zero-order chi connectivity index (χ0) is 16.5. The average Bonchev–Trinajstić information content (AvgIpc) is 2.56. The molecule has 0 aliphatic carbocycles. The summed E-state index contributed by atoms with van der Waals surface area (Å²) in [6.45, 7) is 2.82. The first-order valence-electron chi connectivity index (χ1n) is 7.65. The van der Waals surface area contributed by atoms with E-state index < -0.39 is 5.82 Å². The van der Waals surface area contributed by atoms with Crippen LogP contribution in [0.3, 0.4) is 0 Å². The maximum atomic E-state index is 13.4. The highest BCUT2D eigenvalue weighted by atomic mass is 19.1. The Balaban J connectivity index is 1.89. The third-order valence-electron chi connectivity index (χ3n) is 3.21. The van der Waals surface area contributed by atoms with Crippen LogP contribution in [0.15, 0.2) is 54.6 Å². The van der Waals surface area contributed by atoms with Gasteiger partial charge in [-0.3, -0.25) is 4.79 Å². The molecule has 0 bridgehead atoms. The molecule has 0 aliphatic heterocycles. The predicted molar refractivity (Wildman–Crippen MR) is 90.9 cm³/mol. The summed E-state index contributed by atoms with van der Waals surface area (Å²) in [5, 5.41) is 2.50. The smallest absolute Gasteiger partial charge is 0.248 e. The van der Waals surface area contributed by atoms with Crippen molar-refractivity contribution in [3.05, 3.63) is 66.0 Å². The van der Waals surface area contributed by atoms with Gasteiger partial charge >= 0.3 is 0 Å². The summed E-state index contributed by atoms with van der Waals surface area (Å²) in [6.07, 6.45) is 5.17. The predicted octanol–water partition coefficient (Wildman–Crippen LogP) is 4.66. The Labute approximate surface area is 135 Å². The van der Waals surface area contributed by atoms with Crippen molar-refractivity contribution in [1.29, 1.82) is 0 Å². The second-order valence-corrected chi connectivity index (χ2v) is 5.07. The van der Waals surface area contributed by atoms with Crippen molar-refractivity contribution >= 4 is 17.7 Å². The Hall–Kier alpha value is -2.62. The summed E-state index contributed by atoms with van der Waals surface area (Å²) < 4.78 is 19.0. The van der Waals surface area contributed by atoms with Gasteiger partial charge < -0.3 is 10.1 Å². The van der Waals surface area contributed by atoms with Crippen LogP contribution in [-0.2, 0) is 4.79 Å². The van der Waals surface area contributed by atoms with E-state index in [1.807, 2.05) is 24.3 Å². The molecule has 1 N–H and O–H groups in total. The Morgan fingerprint density at radius 3 is 2.61 bits per heavy atom. The number of ether oxygens (including phenoxy) is 1. The number of para-hydroxylation sites is 1. The Bertz CT molecular complexity index is 665. The molecular weight excluding hydrogens is 293 g/mol. The van der Waals surface area contributed by atoms with Gasteiger partial charge in [0.05, 0.1) is 12.3 Å². The van der Waals surface area contributed by atoms with Gasteiger partial charge in [-0.25, -0.2) is 4.39 Å². The van der Waals surface area contributed by atoms with Crippen molar-refractivity contribution in [1.82, 2.24) is 0 Å². The molecule has 0 saturated carbocycles. The molecule has 3 nitrogen and oxygen atoms in total. The molecule has 0 atom stereocenters. The van der Waals surface area contributed by atoms with Crippen molar-refractivity contribution in [3.8, 4) is 5.75 Å². The van der Waals surface area contributed by atoms with Crippen LogP contribution in [0.25, 0.3) is 6.08 Å². The van der Waals surface area contributed by atoms with Crippen LogP contribution in [0.1, 0.15) is 25.3 Å². The topological polar surface area (TPSA) is 38.3 Å². The molecule has 1 amide bonds. The molecule has 2 aromatic rings. The van der Waals surface area contributed by atoms with Crippen LogP contribution >= 0.6 is 0 Å². The number of halogens is 1. The molecule has 0 unspecified atom stereocenters. The third kappa shape index (κ3) is 5.58. The van der Waals surface area contributed by atoms with Crippen LogP contribution < -0.4 is 10.1 Å². The third-order valence-corrected chi connectivity index (χ3v) is 3.21. The number of anilines is 1. The minimum Gasteiger partial charge on any atom is -0.494 e. The van der Waals surface area contributed by atoms with E-state index in [0.717, 1.165) is 24.2 Å². The van der Waals surface area contributed by atoms with Gasteiger partial charge in [0, 0.05) is 6.08 Å². The maximum Gasteiger partial charge on any atom is 0.248 e. The van der Waals surface area contributed by atoms with E-state index in [1.54, 1.807) is 18.2 Å². The summed E-state index contributed by atoms with van der Waals surface area (Å²) >= 11 is 0. The fraction of sp³-hybridized carbons (Fsp3) is 0.211. The highest BCUT2D eigenvalue weighted by Gasteiger charge is 2.02. The van der Waals surface area contributed by atoms with Gasteiger partial charge in [-0.1, -0.05) is 37.6 Å². The standard InChI is InChI=1S/C19H20FNO2/c1-2-3-14-23-16-11-8-15(9-12-16)10-13-19(22)21-18-7-5-4-6-17(18)20/h4-13H,2-3,14H2,1H3,(H,21,22)/b13-10+. The van der Waals surface area contributed by atoms with Gasteiger partial charge in [-0.05, 0) is 42.3 Å². The van der Waals surface area contributed by atoms with Crippen molar-refractivity contribution in [2.75, 3.05) is 11.9 Å². The Kier molecular flexibility index (Phi) is 6.36. The number of benzene rings is 2. The SMILES string of the molecule is CCCCOc1ccc(/C=C/C(=O)Nc2ccccc2F)cc1. The number of amides is 1. The number of carbonyl (C=O) groups is 1. The zero-order valence-corrected chi connectivity index (χ0v) is 13.1. The van der Waals surface area contributed by atoms with E-state index in [4.69, 9.17) is 4.74 Å². The number of hydrogen-bond donors (Lipinski definition) is 1. The van der Waals surface area contributed by atoms with E-state index in [9.17, 15) is 9.18 Å². The summed E-state index contributed by atoms with van der Waals surface area (Å²) in [7, 11) is 0. The van der Waals surface area contributed by atoms with E-state index in [0.29, 0.717) is 6.61 Å². The molecule has 0 aliphatic rings. The summed E-state index contributed by atoms with van der Waals surface area (Å²) in [4.78, 5) is 11.8. The quantitative estimate of drug-likeness (QED) is 0.596. The second kappa shape index (κ2) is 8.73. The molecule has 2 aromatic carbocycles. The number of nitrogens with one attached hydrogen (secondary N) is 1. The number of hydrogen-bond acceptors (Lipinski definition) is 2. The van der Waals surface area contributed by atoms with Gasteiger partial charge in [-0.2, -0.15) is 0 Å². The van der Waals surface area contributed by atoms with E-state index in [-0.39, 0.29) is 11.6 Å². The number of rotatable bonds is 7. The summed E-state index contributed by atoms with van der Waals surface area (Å²) in [5.74, 6) is -0.0207. The lowest BCUT2D eigenvalue weighted by molar-refractivity contribution is -0.111. The van der Waals surface area contributed by atoms with E-state index >= 15 is 0 Å². The highest BCUT2D eigenvalue weighted by Crippen LogP contribution is 2.15. The minimum absolute atomic E-state index is 0.168. The maximum absolute atomic E-state index is 13.4. The fourth-order valence-electron chi connectivity index (χ4n) is 1.92. The van der Waals surface area contributed by atoms with Gasteiger partial charge in [0.15, 0.2) is 0 Å². The first-order valence-corrected chi connectivity index (χ1v) is 7.65. The molecule has 0 fully saturated rings. The first kappa shape index (κ1) is 16.7. The van der Waals surface area contributed by atoms with Crippen LogP contribution in [0.4, 0.5) is 10.1 Å². The van der Waals surface area contributed by atoms with Crippen molar-refractivity contribution in [2.24, 2.45) is 0 Å². The van der Waals surface area contributed by atoms with E-state index in [2.05, 4.69) is 12.2 Å². The number of carbonyl (C=O) groups excluding carboxylic acids is 1. The molecule has 23 heavy (non-hydrogen) atoms. The molecule has 0 radical (unpaired) electrons. The molecule has 0 aromatic heterocycles. The zero-order valence-electron chi connectivity index (χ0n) is 13.1. The lowest BCUT2D eigenvalue weighted by atomic mass is 10.2. The van der Waals surface area contributed by atoms with Crippen molar-refractivity contribution < 1.29 is 13.9 Å². The van der Waals surface area contributed by atoms with Crippen LogP contribution in [0.2, 0.25) is 0 Å². The lowest BCUT2D eigenvalue weighted by Crippen LogP contribution is -2.08. The van der Waals surface area contributed by atoms with Crippen LogP contribution in [0, 0.1) is 5.82 Å². The second-order valence-electron chi connectivity index (χ2n) is 5.07. The van der Waals surface area contributed by atoms with Gasteiger partial charge in [0.1, 0.15) is 11.6 Å². The van der Waals surface area contributed by atoms with Crippen LogP contribution in [-0.4, -0.2) is 12.5 Å². The Morgan fingerprint density at radius 1 is 1.17 bits per heavy atom. The molecule has 2 rings (SSSR count). The summed E-state index contributed by atoms with van der Waals surface area (Å²) in [6, 6.07) is 13.5. The molecular formula is C19H20FNO2. The van der Waals surface area contributed by atoms with E-state index in [1.165, 1.54) is 18.2 Å². The normalized spacial score (nSPS) is 10.7. The van der Waals surface area contributed by atoms with Crippen molar-refractivity contribution in [2.45, 2.75) is 19.8 Å². The van der Waals surface area contributed by atoms with Gasteiger partial charge in [0.25, 0.3) is 0 Å². The molecule has 0 heterocycles.